The third kappa shape index (κ3) is 3.78. The fraction of sp³-hybridized carbons (Fsp3) is 0.217. The van der Waals surface area contributed by atoms with Crippen molar-refractivity contribution in [2.75, 3.05) is 4.90 Å². The largest absolute Gasteiger partial charge is 0.310 e. The summed E-state index contributed by atoms with van der Waals surface area (Å²) in [6.07, 6.45) is 7.16. The maximum atomic E-state index is 2.54. The number of anilines is 3. The molecule has 4 fully saturated rings. The van der Waals surface area contributed by atoms with Gasteiger partial charge in [-0.15, -0.1) is 11.3 Å². The van der Waals surface area contributed by atoms with Gasteiger partial charge in [0.15, 0.2) is 0 Å². The lowest BCUT2D eigenvalue weighted by atomic mass is 9.43. The van der Waals surface area contributed by atoms with E-state index in [1.165, 1.54) is 91.6 Å². The van der Waals surface area contributed by atoms with Gasteiger partial charge in [-0.05, 0) is 138 Å². The molecule has 6 aromatic carbocycles. The van der Waals surface area contributed by atoms with Crippen molar-refractivity contribution in [2.24, 2.45) is 23.7 Å². The standard InChI is InChI=1S/C46H37NS/c1-2-8-35(9-3-1)47(36-17-14-31(15-18-36)32-16-20-40-39-11-5-7-13-44(39)48-45(40)27-32)37-19-21-43-41(28-37)38-10-4-6-12-42(38)46(43)33-23-29-22-30(25-33)26-34(46)24-29/h1-21,27-30,33-34H,22-26H2. The number of benzene rings is 6. The molecule has 1 heterocycles. The fourth-order valence-corrected chi connectivity index (χ4v) is 12.2. The normalized spacial score (nSPS) is 24.8. The average molecular weight is 636 g/mol. The van der Waals surface area contributed by atoms with E-state index in [4.69, 9.17) is 0 Å². The average Bonchev–Trinajstić information content (AvgIpc) is 3.64. The summed E-state index contributed by atoms with van der Waals surface area (Å²) in [5.41, 5.74) is 12.5. The van der Waals surface area contributed by atoms with Gasteiger partial charge in [0.05, 0.1) is 0 Å². The Morgan fingerprint density at radius 3 is 1.90 bits per heavy atom. The Kier molecular flexibility index (Phi) is 5.79. The second-order valence-corrected chi connectivity index (χ2v) is 16.1. The van der Waals surface area contributed by atoms with Crippen LogP contribution in [0.25, 0.3) is 42.4 Å². The molecule has 4 saturated carbocycles. The predicted octanol–water partition coefficient (Wildman–Crippen LogP) is 12.9. The van der Waals surface area contributed by atoms with Crippen molar-refractivity contribution in [1.29, 1.82) is 0 Å². The molecule has 1 spiro atoms. The van der Waals surface area contributed by atoms with E-state index in [2.05, 4.69) is 144 Å². The molecule has 0 aliphatic heterocycles. The van der Waals surface area contributed by atoms with Gasteiger partial charge in [0.2, 0.25) is 0 Å². The fourth-order valence-electron chi connectivity index (χ4n) is 11.0. The number of hydrogen-bond acceptors (Lipinski definition) is 2. The molecule has 7 aromatic rings. The Morgan fingerprint density at radius 1 is 0.458 bits per heavy atom. The first-order chi connectivity index (χ1) is 23.7. The van der Waals surface area contributed by atoms with Crippen LogP contribution in [-0.2, 0) is 5.41 Å². The van der Waals surface area contributed by atoms with Crippen molar-refractivity contribution >= 4 is 48.6 Å². The quantitative estimate of drug-likeness (QED) is 0.186. The molecule has 4 bridgehead atoms. The smallest absolute Gasteiger partial charge is 0.0468 e. The summed E-state index contributed by atoms with van der Waals surface area (Å²) >= 11 is 1.89. The van der Waals surface area contributed by atoms with Gasteiger partial charge in [0, 0.05) is 42.6 Å². The SMILES string of the molecule is c1ccc(N(c2ccc(-c3ccc4c(c3)sc3ccccc34)cc2)c2ccc3c(c2)-c2ccccc2C32C3CC4CC(C3)CC2C4)cc1. The maximum absolute atomic E-state index is 2.54. The van der Waals surface area contributed by atoms with Gasteiger partial charge in [-0.1, -0.05) is 91.0 Å². The van der Waals surface area contributed by atoms with Crippen molar-refractivity contribution in [3.8, 4) is 22.3 Å². The zero-order valence-electron chi connectivity index (χ0n) is 27.0. The van der Waals surface area contributed by atoms with Crippen LogP contribution in [0.15, 0.2) is 140 Å². The Morgan fingerprint density at radius 2 is 1.08 bits per heavy atom. The molecule has 5 aliphatic carbocycles. The van der Waals surface area contributed by atoms with Crippen LogP contribution in [0.2, 0.25) is 0 Å². The second-order valence-electron chi connectivity index (χ2n) is 15.0. The Hall–Kier alpha value is -4.66. The number of nitrogens with zero attached hydrogens (tertiary/aromatic N) is 1. The highest BCUT2D eigenvalue weighted by Gasteiger charge is 2.61. The van der Waals surface area contributed by atoms with Crippen LogP contribution in [-0.4, -0.2) is 0 Å². The van der Waals surface area contributed by atoms with Gasteiger partial charge < -0.3 is 4.90 Å². The number of thiophene rings is 1. The summed E-state index contributed by atoms with van der Waals surface area (Å²) in [5.74, 6) is 3.48. The van der Waals surface area contributed by atoms with E-state index in [9.17, 15) is 0 Å². The molecule has 0 saturated heterocycles. The first-order valence-electron chi connectivity index (χ1n) is 17.9. The highest BCUT2D eigenvalue weighted by Crippen LogP contribution is 2.69. The molecule has 0 amide bonds. The molecule has 0 atom stereocenters. The minimum absolute atomic E-state index is 0.201. The van der Waals surface area contributed by atoms with Crippen molar-refractivity contribution in [1.82, 2.24) is 0 Å². The van der Waals surface area contributed by atoms with Crippen LogP contribution in [0, 0.1) is 23.7 Å². The lowest BCUT2D eigenvalue weighted by Gasteiger charge is -2.61. The van der Waals surface area contributed by atoms with Gasteiger partial charge in [-0.3, -0.25) is 0 Å². The number of fused-ring (bicyclic) bond motifs is 6. The number of rotatable bonds is 4. The van der Waals surface area contributed by atoms with Gasteiger partial charge in [-0.25, -0.2) is 0 Å². The van der Waals surface area contributed by atoms with E-state index >= 15 is 0 Å². The third-order valence-electron chi connectivity index (χ3n) is 12.6. The molecule has 0 unspecified atom stereocenters. The Labute approximate surface area is 286 Å². The van der Waals surface area contributed by atoms with Crippen LogP contribution in [0.3, 0.4) is 0 Å². The third-order valence-corrected chi connectivity index (χ3v) is 13.8. The van der Waals surface area contributed by atoms with Gasteiger partial charge in [0.25, 0.3) is 0 Å². The van der Waals surface area contributed by atoms with Gasteiger partial charge >= 0.3 is 0 Å². The lowest BCUT2D eigenvalue weighted by Crippen LogP contribution is -2.55. The Balaban J connectivity index is 1.02. The maximum Gasteiger partial charge on any atom is 0.0468 e. The Bertz CT molecular complexity index is 2340. The predicted molar refractivity (Wildman–Crippen MR) is 203 cm³/mol. The molecule has 232 valence electrons. The van der Waals surface area contributed by atoms with E-state index in [1.54, 1.807) is 11.1 Å². The van der Waals surface area contributed by atoms with E-state index in [1.807, 2.05) is 11.3 Å². The zero-order chi connectivity index (χ0) is 31.4. The molecule has 5 aliphatic rings. The zero-order valence-corrected chi connectivity index (χ0v) is 27.8. The summed E-state index contributed by atoms with van der Waals surface area (Å²) in [4.78, 5) is 2.45. The topological polar surface area (TPSA) is 3.24 Å². The monoisotopic (exact) mass is 635 g/mol. The van der Waals surface area contributed by atoms with Crippen molar-refractivity contribution in [3.05, 3.63) is 151 Å². The van der Waals surface area contributed by atoms with Crippen LogP contribution in [0.4, 0.5) is 17.1 Å². The van der Waals surface area contributed by atoms with Gasteiger partial charge in [0.1, 0.15) is 0 Å². The molecule has 2 heteroatoms. The number of hydrogen-bond donors (Lipinski definition) is 0. The summed E-state index contributed by atoms with van der Waals surface area (Å²) in [7, 11) is 0. The molecular formula is C46H37NS. The first kappa shape index (κ1) is 27.3. The van der Waals surface area contributed by atoms with E-state index in [0.29, 0.717) is 0 Å². The summed E-state index contributed by atoms with van der Waals surface area (Å²) < 4.78 is 2.70. The number of para-hydroxylation sites is 1. The molecule has 12 rings (SSSR count). The van der Waals surface area contributed by atoms with Crippen molar-refractivity contribution < 1.29 is 0 Å². The van der Waals surface area contributed by atoms with Gasteiger partial charge in [-0.2, -0.15) is 0 Å². The highest BCUT2D eigenvalue weighted by molar-refractivity contribution is 7.25. The summed E-state index contributed by atoms with van der Waals surface area (Å²) in [5, 5.41) is 2.70. The van der Waals surface area contributed by atoms with Crippen LogP contribution >= 0.6 is 11.3 Å². The summed E-state index contributed by atoms with van der Waals surface area (Å²) in [6, 6.07) is 52.7. The van der Waals surface area contributed by atoms with E-state index in [-0.39, 0.29) is 5.41 Å². The molecule has 1 aromatic heterocycles. The molecule has 0 N–H and O–H groups in total. The van der Waals surface area contributed by atoms with Crippen molar-refractivity contribution in [2.45, 2.75) is 37.5 Å². The van der Waals surface area contributed by atoms with E-state index in [0.717, 1.165) is 23.7 Å². The van der Waals surface area contributed by atoms with Crippen LogP contribution in [0.5, 0.6) is 0 Å². The molecule has 48 heavy (non-hydrogen) atoms. The van der Waals surface area contributed by atoms with Crippen LogP contribution in [0.1, 0.15) is 43.2 Å². The second kappa shape index (κ2) is 10.2. The summed E-state index contributed by atoms with van der Waals surface area (Å²) in [6.45, 7) is 0. The molecule has 0 radical (unpaired) electrons. The van der Waals surface area contributed by atoms with Crippen molar-refractivity contribution in [3.63, 3.8) is 0 Å². The lowest BCUT2D eigenvalue weighted by molar-refractivity contribution is -0.0399. The molecular weight excluding hydrogens is 599 g/mol. The minimum Gasteiger partial charge on any atom is -0.310 e. The highest BCUT2D eigenvalue weighted by atomic mass is 32.1. The molecule has 1 nitrogen and oxygen atoms in total. The minimum atomic E-state index is 0.201. The van der Waals surface area contributed by atoms with Crippen LogP contribution < -0.4 is 4.90 Å². The first-order valence-corrected chi connectivity index (χ1v) is 18.7. The van der Waals surface area contributed by atoms with E-state index < -0.39 is 0 Å².